The SMILES string of the molecule is O=C(Cc1ccccc1)NC(Cc1ccccc1)C(=O)[O-].[K+]. The van der Waals surface area contributed by atoms with Gasteiger partial charge in [-0.25, -0.2) is 0 Å². The fourth-order valence-corrected chi connectivity index (χ4v) is 2.07. The van der Waals surface area contributed by atoms with Crippen molar-refractivity contribution in [1.82, 2.24) is 5.32 Å². The Kier molecular flexibility index (Phi) is 8.59. The third-order valence-corrected chi connectivity index (χ3v) is 3.11. The van der Waals surface area contributed by atoms with E-state index in [1.54, 1.807) is 0 Å². The van der Waals surface area contributed by atoms with E-state index >= 15 is 0 Å². The minimum absolute atomic E-state index is 0. The van der Waals surface area contributed by atoms with Crippen molar-refractivity contribution >= 4 is 11.9 Å². The molecule has 22 heavy (non-hydrogen) atoms. The van der Waals surface area contributed by atoms with Crippen molar-refractivity contribution in [2.75, 3.05) is 0 Å². The third kappa shape index (κ3) is 6.42. The first kappa shape index (κ1) is 19.1. The van der Waals surface area contributed by atoms with E-state index in [1.807, 2.05) is 60.7 Å². The van der Waals surface area contributed by atoms with Gasteiger partial charge in [0.15, 0.2) is 0 Å². The van der Waals surface area contributed by atoms with Crippen LogP contribution in [-0.4, -0.2) is 17.9 Å². The van der Waals surface area contributed by atoms with Gasteiger partial charge in [-0.15, -0.1) is 0 Å². The van der Waals surface area contributed by atoms with Crippen molar-refractivity contribution in [3.8, 4) is 0 Å². The number of benzene rings is 2. The predicted octanol–water partition coefficient (Wildman–Crippen LogP) is -2.29. The molecule has 0 aliphatic heterocycles. The zero-order valence-corrected chi connectivity index (χ0v) is 15.6. The number of carbonyl (C=O) groups excluding carboxylic acids is 2. The summed E-state index contributed by atoms with van der Waals surface area (Å²) in [4.78, 5) is 23.1. The van der Waals surface area contributed by atoms with Gasteiger partial charge in [-0.05, 0) is 17.5 Å². The maximum atomic E-state index is 11.9. The van der Waals surface area contributed by atoms with E-state index in [9.17, 15) is 14.7 Å². The zero-order valence-electron chi connectivity index (χ0n) is 12.5. The van der Waals surface area contributed by atoms with Gasteiger partial charge in [0.05, 0.1) is 18.4 Å². The van der Waals surface area contributed by atoms with E-state index in [0.29, 0.717) is 0 Å². The summed E-state index contributed by atoms with van der Waals surface area (Å²) in [5, 5.41) is 13.7. The standard InChI is InChI=1S/C17H17NO3.K/c19-16(12-14-9-5-2-6-10-14)18-15(17(20)21)11-13-7-3-1-4-8-13;/h1-10,15H,11-12H2,(H,18,19)(H,20,21);/q;+1/p-1. The van der Waals surface area contributed by atoms with Crippen molar-refractivity contribution in [2.45, 2.75) is 18.9 Å². The van der Waals surface area contributed by atoms with Crippen LogP contribution in [0.1, 0.15) is 11.1 Å². The molecular weight excluding hydrogens is 305 g/mol. The third-order valence-electron chi connectivity index (χ3n) is 3.11. The molecule has 0 radical (unpaired) electrons. The topological polar surface area (TPSA) is 69.2 Å². The van der Waals surface area contributed by atoms with Crippen LogP contribution in [0.2, 0.25) is 0 Å². The Morgan fingerprint density at radius 3 is 1.91 bits per heavy atom. The van der Waals surface area contributed by atoms with Crippen LogP contribution in [0.4, 0.5) is 0 Å². The van der Waals surface area contributed by atoms with E-state index in [-0.39, 0.29) is 70.1 Å². The molecule has 0 aliphatic rings. The summed E-state index contributed by atoms with van der Waals surface area (Å²) >= 11 is 0. The molecule has 0 saturated carbocycles. The second-order valence-corrected chi connectivity index (χ2v) is 4.79. The number of carboxylic acids is 1. The van der Waals surface area contributed by atoms with E-state index in [2.05, 4.69) is 5.32 Å². The van der Waals surface area contributed by atoms with E-state index in [0.717, 1.165) is 11.1 Å². The number of carboxylic acid groups (broad SMARTS) is 1. The Hall–Kier alpha value is -0.984. The largest absolute Gasteiger partial charge is 1.00 e. The molecule has 2 rings (SSSR count). The molecule has 0 spiro atoms. The van der Waals surface area contributed by atoms with Crippen molar-refractivity contribution in [1.29, 1.82) is 0 Å². The number of hydrogen-bond donors (Lipinski definition) is 1. The average Bonchev–Trinajstić information content (AvgIpc) is 2.48. The molecule has 0 aliphatic carbocycles. The number of carbonyl (C=O) groups is 2. The summed E-state index contributed by atoms with van der Waals surface area (Å²) in [6.45, 7) is 0. The number of amides is 1. The van der Waals surface area contributed by atoms with Crippen molar-refractivity contribution in [3.05, 3.63) is 71.8 Å². The Labute approximate surface area is 172 Å². The fourth-order valence-electron chi connectivity index (χ4n) is 2.07. The first-order chi connectivity index (χ1) is 10.1. The fraction of sp³-hybridized carbons (Fsp3) is 0.176. The summed E-state index contributed by atoms with van der Waals surface area (Å²) in [7, 11) is 0. The van der Waals surface area contributed by atoms with Gasteiger partial charge in [-0.2, -0.15) is 0 Å². The van der Waals surface area contributed by atoms with Gasteiger partial charge in [-0.1, -0.05) is 60.7 Å². The van der Waals surface area contributed by atoms with Gasteiger partial charge in [-0.3, -0.25) is 4.79 Å². The summed E-state index contributed by atoms with van der Waals surface area (Å²) in [5.41, 5.74) is 1.68. The Bertz CT molecular complexity index is 602. The molecule has 1 amide bonds. The molecule has 1 atom stereocenters. The first-order valence-electron chi connectivity index (χ1n) is 6.73. The summed E-state index contributed by atoms with van der Waals surface area (Å²) in [6, 6.07) is 17.3. The number of rotatable bonds is 6. The maximum Gasteiger partial charge on any atom is 1.00 e. The molecule has 4 nitrogen and oxygen atoms in total. The normalized spacial score (nSPS) is 11.1. The van der Waals surface area contributed by atoms with Crippen LogP contribution >= 0.6 is 0 Å². The molecular formula is C17H16KNO3. The molecule has 0 heterocycles. The second-order valence-electron chi connectivity index (χ2n) is 4.79. The second kappa shape index (κ2) is 9.92. The Balaban J connectivity index is 0.00000242. The van der Waals surface area contributed by atoms with Crippen molar-refractivity contribution < 1.29 is 66.1 Å². The molecule has 5 heteroatoms. The quantitative estimate of drug-likeness (QED) is 0.609. The zero-order chi connectivity index (χ0) is 15.1. The van der Waals surface area contributed by atoms with Gasteiger partial charge < -0.3 is 15.2 Å². The molecule has 108 valence electrons. The number of nitrogens with one attached hydrogen (secondary N) is 1. The van der Waals surface area contributed by atoms with E-state index in [1.165, 1.54) is 0 Å². The summed E-state index contributed by atoms with van der Waals surface area (Å²) < 4.78 is 0. The van der Waals surface area contributed by atoms with Gasteiger partial charge in [0, 0.05) is 0 Å². The van der Waals surface area contributed by atoms with Gasteiger partial charge >= 0.3 is 51.4 Å². The molecule has 2 aromatic carbocycles. The van der Waals surface area contributed by atoms with Crippen LogP contribution in [0.15, 0.2) is 60.7 Å². The molecule has 0 aromatic heterocycles. The Morgan fingerprint density at radius 1 is 0.909 bits per heavy atom. The van der Waals surface area contributed by atoms with Crippen LogP contribution in [-0.2, 0) is 22.4 Å². The summed E-state index contributed by atoms with van der Waals surface area (Å²) in [6.07, 6.45) is 0.364. The smallest absolute Gasteiger partial charge is 0.548 e. The maximum absolute atomic E-state index is 11.9. The van der Waals surface area contributed by atoms with Gasteiger partial charge in [0.25, 0.3) is 0 Å². The molecule has 0 bridgehead atoms. The number of aliphatic carboxylic acids is 1. The predicted molar refractivity (Wildman–Crippen MR) is 77.2 cm³/mol. The van der Waals surface area contributed by atoms with Crippen molar-refractivity contribution in [2.24, 2.45) is 0 Å². The molecule has 0 saturated heterocycles. The minimum atomic E-state index is -1.28. The van der Waals surface area contributed by atoms with E-state index in [4.69, 9.17) is 0 Å². The van der Waals surface area contributed by atoms with Gasteiger partial charge in [0.1, 0.15) is 0 Å². The Morgan fingerprint density at radius 2 is 1.41 bits per heavy atom. The molecule has 2 aromatic rings. The van der Waals surface area contributed by atoms with Gasteiger partial charge in [0.2, 0.25) is 5.91 Å². The molecule has 1 unspecified atom stereocenters. The molecule has 1 N–H and O–H groups in total. The minimum Gasteiger partial charge on any atom is -0.548 e. The van der Waals surface area contributed by atoms with Crippen LogP contribution in [0, 0.1) is 0 Å². The van der Waals surface area contributed by atoms with Crippen LogP contribution in [0.5, 0.6) is 0 Å². The van der Waals surface area contributed by atoms with Crippen LogP contribution < -0.4 is 61.8 Å². The first-order valence-corrected chi connectivity index (χ1v) is 6.73. The van der Waals surface area contributed by atoms with Crippen LogP contribution in [0.3, 0.4) is 0 Å². The molecule has 0 fully saturated rings. The van der Waals surface area contributed by atoms with E-state index < -0.39 is 12.0 Å². The average molecular weight is 321 g/mol. The number of hydrogen-bond acceptors (Lipinski definition) is 3. The van der Waals surface area contributed by atoms with Crippen molar-refractivity contribution in [3.63, 3.8) is 0 Å². The van der Waals surface area contributed by atoms with Crippen LogP contribution in [0.25, 0.3) is 0 Å². The monoisotopic (exact) mass is 321 g/mol. The summed E-state index contributed by atoms with van der Waals surface area (Å²) in [5.74, 6) is -1.61.